The van der Waals surface area contributed by atoms with Crippen LogP contribution in [-0.2, 0) is 9.59 Å². The molecule has 0 aromatic rings. The number of aliphatic carboxylic acids is 2. The molecule has 1 unspecified atom stereocenters. The van der Waals surface area contributed by atoms with Crippen LogP contribution in [-0.4, -0.2) is 56.2 Å². The Morgan fingerprint density at radius 1 is 1.55 bits per heavy atom. The fourth-order valence-electron chi connectivity index (χ4n) is 0.268. The van der Waals surface area contributed by atoms with Gasteiger partial charge < -0.3 is 13.1 Å². The van der Waals surface area contributed by atoms with E-state index in [-0.39, 0.29) is 31.7 Å². The summed E-state index contributed by atoms with van der Waals surface area (Å²) >= 11 is 0.894. The summed E-state index contributed by atoms with van der Waals surface area (Å²) in [6.45, 7) is 1.45. The number of rotatable bonds is 4. The number of carbonyl (C=O) groups is 2. The molecule has 6 heteroatoms. The molecular weight excluding hydrogens is 180 g/mol. The molecule has 0 heterocycles. The molecule has 4 nitrogen and oxygen atoms in total. The third kappa shape index (κ3) is 7.96. The van der Waals surface area contributed by atoms with Gasteiger partial charge in [0.2, 0.25) is 0 Å². The summed E-state index contributed by atoms with van der Waals surface area (Å²) in [5.41, 5.74) is 0. The molecule has 62 valence electrons. The first kappa shape index (κ1) is 13.6. The SMILES string of the molecule is CC(SCC(=O)O)C(=O)O.[H-].[H-].[Mg+2]. The zero-order valence-corrected chi connectivity index (χ0v) is 8.34. The van der Waals surface area contributed by atoms with Crippen molar-refractivity contribution < 1.29 is 22.7 Å². The van der Waals surface area contributed by atoms with E-state index in [1.54, 1.807) is 0 Å². The number of thioether (sulfide) groups is 1. The smallest absolute Gasteiger partial charge is 1.00 e. The summed E-state index contributed by atoms with van der Waals surface area (Å²) in [6, 6.07) is 0. The van der Waals surface area contributed by atoms with Crippen LogP contribution in [0.4, 0.5) is 0 Å². The fraction of sp³-hybridized carbons (Fsp3) is 0.600. The first-order valence-electron chi connectivity index (χ1n) is 2.60. The second-order valence-corrected chi connectivity index (χ2v) is 3.01. The van der Waals surface area contributed by atoms with Crippen molar-refractivity contribution >= 4 is 46.8 Å². The molecule has 0 aromatic carbocycles. The Kier molecular flexibility index (Phi) is 8.36. The van der Waals surface area contributed by atoms with Crippen molar-refractivity contribution in [1.82, 2.24) is 0 Å². The van der Waals surface area contributed by atoms with Crippen molar-refractivity contribution in [2.75, 3.05) is 5.75 Å². The first-order valence-corrected chi connectivity index (χ1v) is 3.65. The van der Waals surface area contributed by atoms with Crippen LogP contribution in [0.5, 0.6) is 0 Å². The van der Waals surface area contributed by atoms with Gasteiger partial charge >= 0.3 is 35.0 Å². The average Bonchev–Trinajstić information content (AvgIpc) is 1.82. The summed E-state index contributed by atoms with van der Waals surface area (Å²) in [6.07, 6.45) is 0. The Morgan fingerprint density at radius 2 is 2.00 bits per heavy atom. The Balaban J connectivity index is -0.000000135. The van der Waals surface area contributed by atoms with Crippen molar-refractivity contribution in [3.8, 4) is 0 Å². The van der Waals surface area contributed by atoms with E-state index >= 15 is 0 Å². The minimum atomic E-state index is -0.988. The van der Waals surface area contributed by atoms with Gasteiger partial charge in [-0.05, 0) is 6.92 Å². The van der Waals surface area contributed by atoms with Gasteiger partial charge in [0.05, 0.1) is 11.0 Å². The molecule has 0 aromatic heterocycles. The zero-order valence-electron chi connectivity index (χ0n) is 8.11. The van der Waals surface area contributed by atoms with E-state index in [0.29, 0.717) is 0 Å². The van der Waals surface area contributed by atoms with Crippen LogP contribution in [0.2, 0.25) is 0 Å². The molecule has 0 saturated heterocycles. The molecule has 0 rings (SSSR count). The van der Waals surface area contributed by atoms with Gasteiger partial charge in [-0.3, -0.25) is 9.59 Å². The Hall–Kier alpha value is 0.0562. The summed E-state index contributed by atoms with van der Waals surface area (Å²) in [7, 11) is 0. The molecule has 0 saturated carbocycles. The third-order valence-electron chi connectivity index (χ3n) is 0.805. The van der Waals surface area contributed by atoms with Crippen LogP contribution in [0.25, 0.3) is 0 Å². The Bertz CT molecular complexity index is 157. The van der Waals surface area contributed by atoms with E-state index < -0.39 is 17.2 Å². The summed E-state index contributed by atoms with van der Waals surface area (Å²) in [4.78, 5) is 20.0. The molecule has 0 fully saturated rings. The molecule has 1 atom stereocenters. The molecule has 0 radical (unpaired) electrons. The maximum absolute atomic E-state index is 10.1. The van der Waals surface area contributed by atoms with E-state index in [0.717, 1.165) is 11.8 Å². The molecule has 0 aliphatic rings. The van der Waals surface area contributed by atoms with E-state index in [1.165, 1.54) is 6.92 Å². The van der Waals surface area contributed by atoms with Crippen LogP contribution >= 0.6 is 11.8 Å². The molecule has 11 heavy (non-hydrogen) atoms. The largest absolute Gasteiger partial charge is 2.00 e. The van der Waals surface area contributed by atoms with Gasteiger partial charge in [-0.2, -0.15) is 0 Å². The molecule has 0 spiro atoms. The van der Waals surface area contributed by atoms with Crippen molar-refractivity contribution in [2.24, 2.45) is 0 Å². The van der Waals surface area contributed by atoms with Crippen LogP contribution in [0.1, 0.15) is 9.78 Å². The minimum Gasteiger partial charge on any atom is -1.00 e. The van der Waals surface area contributed by atoms with Gasteiger partial charge in [0.1, 0.15) is 0 Å². The zero-order chi connectivity index (χ0) is 8.15. The maximum Gasteiger partial charge on any atom is 2.00 e. The van der Waals surface area contributed by atoms with Gasteiger partial charge in [0.15, 0.2) is 0 Å². The van der Waals surface area contributed by atoms with E-state index in [9.17, 15) is 9.59 Å². The summed E-state index contributed by atoms with van der Waals surface area (Å²) in [5, 5.41) is 15.8. The second kappa shape index (κ2) is 6.75. The average molecular weight is 191 g/mol. The fourth-order valence-corrected chi connectivity index (χ4v) is 0.803. The van der Waals surface area contributed by atoms with Gasteiger partial charge in [0, 0.05) is 0 Å². The maximum atomic E-state index is 10.1. The Labute approximate surface area is 87.5 Å². The quantitative estimate of drug-likeness (QED) is 0.616. The normalized spacial score (nSPS) is 11.4. The third-order valence-corrected chi connectivity index (χ3v) is 1.92. The number of hydrogen-bond donors (Lipinski definition) is 2. The van der Waals surface area contributed by atoms with Crippen molar-refractivity contribution in [1.29, 1.82) is 0 Å². The van der Waals surface area contributed by atoms with E-state index in [2.05, 4.69) is 0 Å². The first-order chi connectivity index (χ1) is 4.54. The van der Waals surface area contributed by atoms with Crippen molar-refractivity contribution in [3.05, 3.63) is 0 Å². The minimum absolute atomic E-state index is 0. The Morgan fingerprint density at radius 3 is 2.27 bits per heavy atom. The molecule has 0 bridgehead atoms. The van der Waals surface area contributed by atoms with Crippen molar-refractivity contribution in [3.63, 3.8) is 0 Å². The van der Waals surface area contributed by atoms with Gasteiger partial charge in [0.25, 0.3) is 0 Å². The molecule has 0 amide bonds. The van der Waals surface area contributed by atoms with Crippen LogP contribution in [0.3, 0.4) is 0 Å². The van der Waals surface area contributed by atoms with Gasteiger partial charge in [-0.25, -0.2) is 0 Å². The van der Waals surface area contributed by atoms with Crippen molar-refractivity contribution in [2.45, 2.75) is 12.2 Å². The van der Waals surface area contributed by atoms with Crippen LogP contribution < -0.4 is 0 Å². The molecule has 0 aliphatic carbocycles. The van der Waals surface area contributed by atoms with Gasteiger partial charge in [-0.15, -0.1) is 11.8 Å². The molecule has 2 N–H and O–H groups in total. The summed E-state index contributed by atoms with van der Waals surface area (Å²) in [5.74, 6) is -2.13. The van der Waals surface area contributed by atoms with E-state index in [1.807, 2.05) is 0 Å². The molecular formula is C5H10MgO4S. The number of hydrogen-bond acceptors (Lipinski definition) is 3. The van der Waals surface area contributed by atoms with Crippen LogP contribution in [0.15, 0.2) is 0 Å². The predicted molar refractivity (Wildman–Crippen MR) is 45.2 cm³/mol. The standard InChI is InChI=1S/C5H8O4S.Mg.2H/c1-3(5(8)9)10-2-4(6)7;;;/h3H,2H2,1H3,(H,6,7)(H,8,9);;;/q;+2;2*-1. The van der Waals surface area contributed by atoms with E-state index in [4.69, 9.17) is 10.2 Å². The predicted octanol–water partition coefficient (Wildman–Crippen LogP) is 0.121. The molecule has 0 aliphatic heterocycles. The number of carboxylic acid groups (broad SMARTS) is 2. The number of carboxylic acids is 2. The van der Waals surface area contributed by atoms with Crippen LogP contribution in [0, 0.1) is 0 Å². The summed E-state index contributed by atoms with van der Waals surface area (Å²) < 4.78 is 0. The monoisotopic (exact) mass is 190 g/mol. The second-order valence-electron chi connectivity index (χ2n) is 1.69. The van der Waals surface area contributed by atoms with Gasteiger partial charge in [-0.1, -0.05) is 0 Å². The topological polar surface area (TPSA) is 74.6 Å².